The predicted octanol–water partition coefficient (Wildman–Crippen LogP) is 1.72. The van der Waals surface area contributed by atoms with Gasteiger partial charge in [0.25, 0.3) is 0 Å². The summed E-state index contributed by atoms with van der Waals surface area (Å²) in [5, 5.41) is 11.5. The van der Waals surface area contributed by atoms with Crippen LogP contribution in [-0.4, -0.2) is 36.0 Å². The second-order valence-electron chi connectivity index (χ2n) is 7.08. The van der Waals surface area contributed by atoms with Crippen LogP contribution in [0.15, 0.2) is 12.2 Å². The molecule has 1 rings (SSSR count). The molecule has 1 aliphatic carbocycles. The maximum atomic E-state index is 10.7. The van der Waals surface area contributed by atoms with E-state index in [1.165, 1.54) is 12.8 Å². The maximum Gasteiger partial charge on any atom is 0.305 e. The van der Waals surface area contributed by atoms with Crippen molar-refractivity contribution in [3.63, 3.8) is 0 Å². The number of aliphatic carboxylic acids is 1. The van der Waals surface area contributed by atoms with E-state index >= 15 is 0 Å². The van der Waals surface area contributed by atoms with Gasteiger partial charge in [-0.15, -0.1) is 0 Å². The first-order valence-corrected chi connectivity index (χ1v) is 7.53. The zero-order chi connectivity index (χ0) is 16.1. The molecule has 5 nitrogen and oxygen atoms in total. The molecule has 1 fully saturated rings. The molecule has 5 heteroatoms. The standard InChI is InChI=1S/C16H28N2O3/c1-15(2,3)16(7-8-16)6-4-5-12(17)10-18-13(11-19)9-14(20)21/h4-5,11-13,18H,6-10,17H2,1-3H3,(H,20,21)/t12?,13-/m1/s1. The van der Waals surface area contributed by atoms with Crippen molar-refractivity contribution in [2.75, 3.05) is 6.54 Å². The lowest BCUT2D eigenvalue weighted by Gasteiger charge is -2.30. The normalized spacial score (nSPS) is 20.2. The third kappa shape index (κ3) is 5.59. The number of nitrogens with two attached hydrogens (primary N) is 1. The Bertz CT molecular complexity index is 395. The number of rotatable bonds is 9. The zero-order valence-electron chi connectivity index (χ0n) is 13.3. The van der Waals surface area contributed by atoms with Gasteiger partial charge in [-0.25, -0.2) is 0 Å². The van der Waals surface area contributed by atoms with Gasteiger partial charge in [0.05, 0.1) is 12.5 Å². The molecule has 0 aromatic heterocycles. The quantitative estimate of drug-likeness (QED) is 0.445. The van der Waals surface area contributed by atoms with E-state index in [4.69, 9.17) is 10.8 Å². The Balaban J connectivity index is 2.33. The van der Waals surface area contributed by atoms with Crippen LogP contribution in [-0.2, 0) is 9.59 Å². The van der Waals surface area contributed by atoms with E-state index in [0.29, 0.717) is 23.7 Å². The number of hydrogen-bond donors (Lipinski definition) is 3. The third-order valence-electron chi connectivity index (χ3n) is 4.51. The molecule has 21 heavy (non-hydrogen) atoms. The van der Waals surface area contributed by atoms with Crippen LogP contribution in [0.5, 0.6) is 0 Å². The highest BCUT2D eigenvalue weighted by atomic mass is 16.4. The van der Waals surface area contributed by atoms with Crippen LogP contribution in [0.4, 0.5) is 0 Å². The first-order valence-electron chi connectivity index (χ1n) is 7.53. The van der Waals surface area contributed by atoms with E-state index in [2.05, 4.69) is 32.2 Å². The van der Waals surface area contributed by atoms with Gasteiger partial charge in [0.2, 0.25) is 0 Å². The van der Waals surface area contributed by atoms with Gasteiger partial charge in [-0.3, -0.25) is 4.79 Å². The first kappa shape index (κ1) is 17.9. The lowest BCUT2D eigenvalue weighted by molar-refractivity contribution is -0.138. The van der Waals surface area contributed by atoms with Crippen LogP contribution in [0.2, 0.25) is 0 Å². The third-order valence-corrected chi connectivity index (χ3v) is 4.51. The van der Waals surface area contributed by atoms with E-state index in [1.807, 2.05) is 6.08 Å². The van der Waals surface area contributed by atoms with Gasteiger partial charge in [0, 0.05) is 12.6 Å². The summed E-state index contributed by atoms with van der Waals surface area (Å²) in [6.45, 7) is 7.22. The molecule has 0 saturated heterocycles. The molecule has 1 aliphatic rings. The van der Waals surface area contributed by atoms with Crippen molar-refractivity contribution < 1.29 is 14.7 Å². The van der Waals surface area contributed by atoms with Crippen molar-refractivity contribution >= 4 is 12.3 Å². The molecule has 0 aromatic rings. The van der Waals surface area contributed by atoms with E-state index in [9.17, 15) is 9.59 Å². The number of carbonyl (C=O) groups excluding carboxylic acids is 1. The van der Waals surface area contributed by atoms with Crippen molar-refractivity contribution in [2.45, 2.75) is 58.5 Å². The summed E-state index contributed by atoms with van der Waals surface area (Å²) < 4.78 is 0. The minimum absolute atomic E-state index is 0.211. The summed E-state index contributed by atoms with van der Waals surface area (Å²) in [6.07, 6.45) is 8.02. The Kier molecular flexibility index (Phi) is 6.10. The van der Waals surface area contributed by atoms with Crippen LogP contribution in [0.25, 0.3) is 0 Å². The summed E-state index contributed by atoms with van der Waals surface area (Å²) >= 11 is 0. The number of carbonyl (C=O) groups is 2. The van der Waals surface area contributed by atoms with E-state index < -0.39 is 12.0 Å². The Hall–Kier alpha value is -1.20. The number of allylic oxidation sites excluding steroid dienone is 1. The molecule has 0 radical (unpaired) electrons. The fourth-order valence-corrected chi connectivity index (χ4v) is 2.59. The van der Waals surface area contributed by atoms with E-state index in [-0.39, 0.29) is 12.5 Å². The van der Waals surface area contributed by atoms with Gasteiger partial charge in [-0.1, -0.05) is 32.9 Å². The lowest BCUT2D eigenvalue weighted by Crippen LogP contribution is -2.40. The lowest BCUT2D eigenvalue weighted by atomic mass is 9.75. The minimum atomic E-state index is -0.996. The van der Waals surface area contributed by atoms with Gasteiger partial charge < -0.3 is 21.0 Å². The summed E-state index contributed by atoms with van der Waals surface area (Å²) in [6, 6.07) is -0.886. The monoisotopic (exact) mass is 296 g/mol. The van der Waals surface area contributed by atoms with Crippen molar-refractivity contribution in [3.05, 3.63) is 12.2 Å². The fourth-order valence-electron chi connectivity index (χ4n) is 2.59. The molecule has 0 spiro atoms. The number of carboxylic acid groups (broad SMARTS) is 1. The summed E-state index contributed by atoms with van der Waals surface area (Å²) in [7, 11) is 0. The Morgan fingerprint density at radius 2 is 2.05 bits per heavy atom. The molecular formula is C16H28N2O3. The summed E-state index contributed by atoms with van der Waals surface area (Å²) in [4.78, 5) is 21.3. The molecule has 0 amide bonds. The van der Waals surface area contributed by atoms with Gasteiger partial charge in [-0.05, 0) is 30.1 Å². The smallest absolute Gasteiger partial charge is 0.305 e. The molecule has 1 unspecified atom stereocenters. The molecule has 0 aliphatic heterocycles. The largest absolute Gasteiger partial charge is 0.481 e. The second kappa shape index (κ2) is 7.18. The van der Waals surface area contributed by atoms with Crippen LogP contribution < -0.4 is 11.1 Å². The fraction of sp³-hybridized carbons (Fsp3) is 0.750. The maximum absolute atomic E-state index is 10.7. The van der Waals surface area contributed by atoms with Crippen LogP contribution >= 0.6 is 0 Å². The number of nitrogens with one attached hydrogen (secondary N) is 1. The van der Waals surface area contributed by atoms with Gasteiger partial charge in [-0.2, -0.15) is 0 Å². The average Bonchev–Trinajstić information content (AvgIpc) is 3.14. The van der Waals surface area contributed by atoms with Crippen molar-refractivity contribution in [1.82, 2.24) is 5.32 Å². The highest BCUT2D eigenvalue weighted by Gasteiger charge is 2.50. The second-order valence-corrected chi connectivity index (χ2v) is 7.08. The van der Waals surface area contributed by atoms with Crippen LogP contribution in [0.3, 0.4) is 0 Å². The highest BCUT2D eigenvalue weighted by molar-refractivity contribution is 5.73. The van der Waals surface area contributed by atoms with Gasteiger partial charge in [0.15, 0.2) is 0 Å². The Morgan fingerprint density at radius 1 is 1.43 bits per heavy atom. The molecule has 1 saturated carbocycles. The molecule has 2 atom stereocenters. The topological polar surface area (TPSA) is 92.4 Å². The Labute approximate surface area is 127 Å². The minimum Gasteiger partial charge on any atom is -0.481 e. The molecular weight excluding hydrogens is 268 g/mol. The first-order chi connectivity index (χ1) is 9.70. The highest BCUT2D eigenvalue weighted by Crippen LogP contribution is 2.60. The van der Waals surface area contributed by atoms with E-state index in [1.54, 1.807) is 0 Å². The Morgan fingerprint density at radius 3 is 2.48 bits per heavy atom. The number of hydrogen-bond acceptors (Lipinski definition) is 4. The van der Waals surface area contributed by atoms with Crippen molar-refractivity contribution in [1.29, 1.82) is 0 Å². The van der Waals surface area contributed by atoms with Gasteiger partial charge in [0.1, 0.15) is 6.29 Å². The molecule has 4 N–H and O–H groups in total. The van der Waals surface area contributed by atoms with Crippen molar-refractivity contribution in [2.24, 2.45) is 16.6 Å². The number of carboxylic acids is 1. The molecule has 0 heterocycles. The van der Waals surface area contributed by atoms with Crippen LogP contribution in [0.1, 0.15) is 46.5 Å². The molecule has 0 aromatic carbocycles. The number of aldehydes is 1. The van der Waals surface area contributed by atoms with Gasteiger partial charge >= 0.3 is 5.97 Å². The van der Waals surface area contributed by atoms with Crippen molar-refractivity contribution in [3.8, 4) is 0 Å². The average molecular weight is 296 g/mol. The zero-order valence-corrected chi connectivity index (χ0v) is 13.3. The summed E-state index contributed by atoms with van der Waals surface area (Å²) in [5.74, 6) is -0.996. The SMILES string of the molecule is CC(C)(C)C1(CC=CC(N)CN[C@@H](C=O)CC(=O)O)CC1. The molecule has 120 valence electrons. The predicted molar refractivity (Wildman–Crippen MR) is 83.0 cm³/mol. The summed E-state index contributed by atoms with van der Waals surface area (Å²) in [5.41, 5.74) is 6.67. The van der Waals surface area contributed by atoms with Crippen LogP contribution in [0, 0.1) is 10.8 Å². The van der Waals surface area contributed by atoms with E-state index in [0.717, 1.165) is 6.42 Å². The molecule has 0 bridgehead atoms.